The quantitative estimate of drug-likeness (QED) is 0.884. The monoisotopic (exact) mass is 288 g/mol. The maximum atomic E-state index is 5.49. The number of ether oxygens (including phenoxy) is 3. The van der Waals surface area contributed by atoms with Gasteiger partial charge in [0.1, 0.15) is 17.2 Å². The van der Waals surface area contributed by atoms with Crippen LogP contribution < -0.4 is 19.5 Å². The number of benzene rings is 1. The highest BCUT2D eigenvalue weighted by molar-refractivity contribution is 5.48. The van der Waals surface area contributed by atoms with Gasteiger partial charge in [-0.1, -0.05) is 0 Å². The van der Waals surface area contributed by atoms with E-state index in [9.17, 15) is 0 Å². The van der Waals surface area contributed by atoms with Gasteiger partial charge in [0.2, 0.25) is 0 Å². The molecular weight excluding hydrogens is 268 g/mol. The molecule has 21 heavy (non-hydrogen) atoms. The third-order valence-electron chi connectivity index (χ3n) is 3.39. The van der Waals surface area contributed by atoms with E-state index in [-0.39, 0.29) is 6.04 Å². The first-order valence-corrected chi connectivity index (χ1v) is 6.62. The molecule has 2 rings (SSSR count). The summed E-state index contributed by atoms with van der Waals surface area (Å²) in [5.74, 6) is 2.24. The lowest BCUT2D eigenvalue weighted by molar-refractivity contribution is 0.385. The summed E-state index contributed by atoms with van der Waals surface area (Å²) >= 11 is 0. The van der Waals surface area contributed by atoms with Crippen molar-refractivity contribution < 1.29 is 14.2 Å². The van der Waals surface area contributed by atoms with Crippen LogP contribution in [0.25, 0.3) is 0 Å². The Morgan fingerprint density at radius 1 is 0.952 bits per heavy atom. The van der Waals surface area contributed by atoms with Crippen LogP contribution in [0.2, 0.25) is 0 Å². The summed E-state index contributed by atoms with van der Waals surface area (Å²) in [5.41, 5.74) is 2.00. The normalized spacial score (nSPS) is 11.8. The number of aromatic nitrogens is 1. The molecule has 0 aliphatic rings. The Labute approximate surface area is 124 Å². The fourth-order valence-corrected chi connectivity index (χ4v) is 2.34. The molecule has 0 aliphatic carbocycles. The van der Waals surface area contributed by atoms with E-state index in [1.54, 1.807) is 33.7 Å². The lowest BCUT2D eigenvalue weighted by Crippen LogP contribution is -2.19. The molecule has 112 valence electrons. The van der Waals surface area contributed by atoms with E-state index >= 15 is 0 Å². The Kier molecular flexibility index (Phi) is 5.00. The molecule has 1 N–H and O–H groups in total. The molecule has 0 bridgehead atoms. The average molecular weight is 288 g/mol. The molecule has 0 fully saturated rings. The number of rotatable bonds is 6. The smallest absolute Gasteiger partial charge is 0.142 e. The number of hydrogen-bond acceptors (Lipinski definition) is 5. The van der Waals surface area contributed by atoms with Crippen LogP contribution in [0.5, 0.6) is 17.2 Å². The highest BCUT2D eigenvalue weighted by Gasteiger charge is 2.20. The molecular formula is C16H20N2O3. The van der Waals surface area contributed by atoms with Crippen LogP contribution in [0.15, 0.2) is 36.7 Å². The van der Waals surface area contributed by atoms with Gasteiger partial charge in [-0.05, 0) is 25.2 Å². The standard InChI is InChI=1S/C16H20N2O3/c1-17-16(13-7-8-18-10-15(13)21-4)12-6-5-11(19-2)9-14(12)20-3/h5-10,16-17H,1-4H3. The largest absolute Gasteiger partial charge is 0.497 e. The first-order valence-electron chi connectivity index (χ1n) is 6.62. The lowest BCUT2D eigenvalue weighted by Gasteiger charge is -2.22. The van der Waals surface area contributed by atoms with E-state index in [1.807, 2.05) is 31.3 Å². The molecule has 1 atom stereocenters. The number of pyridine rings is 1. The predicted molar refractivity (Wildman–Crippen MR) is 81.2 cm³/mol. The van der Waals surface area contributed by atoms with Crippen LogP contribution in [-0.4, -0.2) is 33.4 Å². The molecule has 0 amide bonds. The molecule has 1 aromatic carbocycles. The summed E-state index contributed by atoms with van der Waals surface area (Å²) < 4.78 is 16.1. The van der Waals surface area contributed by atoms with E-state index in [2.05, 4.69) is 10.3 Å². The molecule has 0 saturated heterocycles. The summed E-state index contributed by atoms with van der Waals surface area (Å²) in [6.07, 6.45) is 3.45. The summed E-state index contributed by atoms with van der Waals surface area (Å²) in [4.78, 5) is 4.09. The zero-order valence-corrected chi connectivity index (χ0v) is 12.7. The predicted octanol–water partition coefficient (Wildman–Crippen LogP) is 2.42. The van der Waals surface area contributed by atoms with Crippen molar-refractivity contribution in [3.8, 4) is 17.2 Å². The molecule has 0 radical (unpaired) electrons. The second kappa shape index (κ2) is 6.95. The third kappa shape index (κ3) is 3.08. The SMILES string of the molecule is CNC(c1ccncc1OC)c1ccc(OC)cc1OC. The highest BCUT2D eigenvalue weighted by Crippen LogP contribution is 2.35. The van der Waals surface area contributed by atoms with E-state index in [4.69, 9.17) is 14.2 Å². The van der Waals surface area contributed by atoms with E-state index in [0.717, 1.165) is 28.4 Å². The summed E-state index contributed by atoms with van der Waals surface area (Å²) in [5, 5.41) is 3.29. The molecule has 5 heteroatoms. The van der Waals surface area contributed by atoms with Gasteiger partial charge < -0.3 is 19.5 Å². The Balaban J connectivity index is 2.51. The fraction of sp³-hybridized carbons (Fsp3) is 0.312. The Bertz CT molecular complexity index is 602. The van der Waals surface area contributed by atoms with Gasteiger partial charge in [-0.3, -0.25) is 4.98 Å². The average Bonchev–Trinajstić information content (AvgIpc) is 2.56. The molecule has 1 heterocycles. The topological polar surface area (TPSA) is 52.6 Å². The second-order valence-electron chi connectivity index (χ2n) is 4.45. The van der Waals surface area contributed by atoms with Crippen molar-refractivity contribution in [1.29, 1.82) is 0 Å². The third-order valence-corrected chi connectivity index (χ3v) is 3.39. The molecule has 1 unspecified atom stereocenters. The maximum Gasteiger partial charge on any atom is 0.142 e. The summed E-state index contributed by atoms with van der Waals surface area (Å²) in [7, 11) is 6.82. The number of nitrogens with one attached hydrogen (secondary N) is 1. The van der Waals surface area contributed by atoms with Crippen molar-refractivity contribution in [3.05, 3.63) is 47.8 Å². The number of nitrogens with zero attached hydrogens (tertiary/aromatic N) is 1. The molecule has 0 spiro atoms. The Morgan fingerprint density at radius 3 is 2.29 bits per heavy atom. The fourth-order valence-electron chi connectivity index (χ4n) is 2.34. The Morgan fingerprint density at radius 2 is 1.67 bits per heavy atom. The zero-order valence-electron chi connectivity index (χ0n) is 12.7. The van der Waals surface area contributed by atoms with Gasteiger partial charge in [-0.25, -0.2) is 0 Å². The molecule has 0 aliphatic heterocycles. The van der Waals surface area contributed by atoms with Crippen molar-refractivity contribution in [1.82, 2.24) is 10.3 Å². The molecule has 2 aromatic rings. The van der Waals surface area contributed by atoms with Gasteiger partial charge in [0.15, 0.2) is 0 Å². The number of hydrogen-bond donors (Lipinski definition) is 1. The van der Waals surface area contributed by atoms with E-state index in [0.29, 0.717) is 0 Å². The van der Waals surface area contributed by atoms with E-state index in [1.165, 1.54) is 0 Å². The van der Waals surface area contributed by atoms with Crippen molar-refractivity contribution in [2.75, 3.05) is 28.4 Å². The van der Waals surface area contributed by atoms with E-state index < -0.39 is 0 Å². The maximum absolute atomic E-state index is 5.49. The van der Waals surface area contributed by atoms with Gasteiger partial charge in [0, 0.05) is 23.4 Å². The van der Waals surface area contributed by atoms with Gasteiger partial charge in [0.25, 0.3) is 0 Å². The van der Waals surface area contributed by atoms with Crippen molar-refractivity contribution >= 4 is 0 Å². The molecule has 5 nitrogen and oxygen atoms in total. The van der Waals surface area contributed by atoms with Crippen LogP contribution in [0.4, 0.5) is 0 Å². The number of methoxy groups -OCH3 is 3. The van der Waals surface area contributed by atoms with Crippen molar-refractivity contribution in [2.45, 2.75) is 6.04 Å². The van der Waals surface area contributed by atoms with Crippen LogP contribution in [0, 0.1) is 0 Å². The second-order valence-corrected chi connectivity index (χ2v) is 4.45. The van der Waals surface area contributed by atoms with Gasteiger partial charge in [-0.2, -0.15) is 0 Å². The molecule has 0 saturated carbocycles. The Hall–Kier alpha value is -2.27. The van der Waals surface area contributed by atoms with Crippen LogP contribution in [0.1, 0.15) is 17.2 Å². The summed E-state index contributed by atoms with van der Waals surface area (Å²) in [6, 6.07) is 7.63. The van der Waals surface area contributed by atoms with Crippen LogP contribution in [0.3, 0.4) is 0 Å². The zero-order chi connectivity index (χ0) is 15.2. The first kappa shape index (κ1) is 15.1. The lowest BCUT2D eigenvalue weighted by atomic mass is 9.98. The van der Waals surface area contributed by atoms with Gasteiger partial charge in [0.05, 0.1) is 33.6 Å². The molecule has 1 aromatic heterocycles. The minimum atomic E-state index is -0.0659. The van der Waals surface area contributed by atoms with Crippen LogP contribution in [-0.2, 0) is 0 Å². The highest BCUT2D eigenvalue weighted by atomic mass is 16.5. The summed E-state index contributed by atoms with van der Waals surface area (Å²) in [6.45, 7) is 0. The van der Waals surface area contributed by atoms with Gasteiger partial charge in [-0.15, -0.1) is 0 Å². The van der Waals surface area contributed by atoms with Crippen molar-refractivity contribution in [2.24, 2.45) is 0 Å². The first-order chi connectivity index (χ1) is 10.2. The minimum Gasteiger partial charge on any atom is -0.497 e. The minimum absolute atomic E-state index is 0.0659. The van der Waals surface area contributed by atoms with Crippen molar-refractivity contribution in [3.63, 3.8) is 0 Å². The van der Waals surface area contributed by atoms with Crippen LogP contribution >= 0.6 is 0 Å². The van der Waals surface area contributed by atoms with Gasteiger partial charge >= 0.3 is 0 Å².